The van der Waals surface area contributed by atoms with Gasteiger partial charge in [0, 0.05) is 17.9 Å². The Hall–Kier alpha value is -1.22. The summed E-state index contributed by atoms with van der Waals surface area (Å²) in [6.07, 6.45) is -0.318. The molecule has 3 nitrogen and oxygen atoms in total. The monoisotopic (exact) mass is 208 g/mol. The Morgan fingerprint density at radius 1 is 1.40 bits per heavy atom. The molecule has 0 bridgehead atoms. The molecule has 0 radical (unpaired) electrons. The fourth-order valence-electron chi connectivity index (χ4n) is 1.34. The highest BCUT2D eigenvalue weighted by Gasteiger charge is 2.08. The summed E-state index contributed by atoms with van der Waals surface area (Å²) in [7, 11) is 0. The number of benzene rings is 1. The molecule has 0 aliphatic carbocycles. The summed E-state index contributed by atoms with van der Waals surface area (Å²) in [5.41, 5.74) is 8.55. The number of aliphatic hydroxyl groups is 1. The zero-order valence-electron chi connectivity index (χ0n) is 9.62. The summed E-state index contributed by atoms with van der Waals surface area (Å²) in [5, 5.41) is 12.9. The normalized spacial score (nSPS) is 12.9. The van der Waals surface area contributed by atoms with Gasteiger partial charge in [0.1, 0.15) is 0 Å². The fraction of sp³-hybridized carbons (Fsp3) is 0.500. The smallest absolute Gasteiger partial charge is 0.0735 e. The Bertz CT molecular complexity index is 323. The van der Waals surface area contributed by atoms with Crippen LogP contribution in [0.1, 0.15) is 19.4 Å². The van der Waals surface area contributed by atoms with E-state index in [-0.39, 0.29) is 12.0 Å². The maximum atomic E-state index is 9.65. The number of hydrogen-bond acceptors (Lipinski definition) is 3. The largest absolute Gasteiger partial charge is 0.399 e. The molecule has 1 aromatic rings. The number of rotatable bonds is 4. The third kappa shape index (κ3) is 3.44. The minimum atomic E-state index is -0.318. The molecule has 0 fully saturated rings. The van der Waals surface area contributed by atoms with Crippen molar-refractivity contribution in [2.45, 2.75) is 26.9 Å². The molecule has 0 saturated heterocycles. The van der Waals surface area contributed by atoms with Gasteiger partial charge in [-0.05, 0) is 36.6 Å². The van der Waals surface area contributed by atoms with Crippen LogP contribution < -0.4 is 11.1 Å². The van der Waals surface area contributed by atoms with Crippen molar-refractivity contribution in [2.24, 2.45) is 5.92 Å². The van der Waals surface area contributed by atoms with E-state index < -0.39 is 0 Å². The van der Waals surface area contributed by atoms with Crippen LogP contribution in [0.15, 0.2) is 18.2 Å². The Morgan fingerprint density at radius 2 is 2.07 bits per heavy atom. The number of anilines is 2. The second kappa shape index (κ2) is 5.03. The summed E-state index contributed by atoms with van der Waals surface area (Å²) in [6.45, 7) is 6.58. The van der Waals surface area contributed by atoms with Crippen LogP contribution in [-0.2, 0) is 0 Å². The maximum absolute atomic E-state index is 9.65. The van der Waals surface area contributed by atoms with Gasteiger partial charge in [0.05, 0.1) is 6.10 Å². The van der Waals surface area contributed by atoms with E-state index in [1.165, 1.54) is 0 Å². The Balaban J connectivity index is 2.58. The summed E-state index contributed by atoms with van der Waals surface area (Å²) < 4.78 is 0. The van der Waals surface area contributed by atoms with Crippen molar-refractivity contribution < 1.29 is 5.11 Å². The van der Waals surface area contributed by atoms with Crippen molar-refractivity contribution in [3.8, 4) is 0 Å². The highest BCUT2D eigenvalue weighted by molar-refractivity contribution is 5.57. The van der Waals surface area contributed by atoms with Crippen LogP contribution in [-0.4, -0.2) is 17.8 Å². The van der Waals surface area contributed by atoms with E-state index in [4.69, 9.17) is 5.73 Å². The van der Waals surface area contributed by atoms with Crippen LogP contribution in [0, 0.1) is 12.8 Å². The van der Waals surface area contributed by atoms with Gasteiger partial charge < -0.3 is 16.2 Å². The summed E-state index contributed by atoms with van der Waals surface area (Å²) in [4.78, 5) is 0. The van der Waals surface area contributed by atoms with Crippen molar-refractivity contribution in [1.82, 2.24) is 0 Å². The zero-order chi connectivity index (χ0) is 11.4. The van der Waals surface area contributed by atoms with E-state index >= 15 is 0 Å². The number of aryl methyl sites for hydroxylation is 1. The second-order valence-corrected chi connectivity index (χ2v) is 4.27. The summed E-state index contributed by atoms with van der Waals surface area (Å²) in [6, 6.07) is 5.72. The highest BCUT2D eigenvalue weighted by Crippen LogP contribution is 2.17. The van der Waals surface area contributed by atoms with Gasteiger partial charge >= 0.3 is 0 Å². The molecular weight excluding hydrogens is 188 g/mol. The lowest BCUT2D eigenvalue weighted by Crippen LogP contribution is -2.24. The number of hydrogen-bond donors (Lipinski definition) is 3. The molecule has 0 aliphatic rings. The first-order valence-corrected chi connectivity index (χ1v) is 5.28. The number of nitrogens with two attached hydrogens (primary N) is 1. The van der Waals surface area contributed by atoms with E-state index in [2.05, 4.69) is 5.32 Å². The predicted octanol–water partition coefficient (Wildman–Crippen LogP) is 2.01. The third-order valence-electron chi connectivity index (χ3n) is 2.52. The minimum absolute atomic E-state index is 0.270. The summed E-state index contributed by atoms with van der Waals surface area (Å²) in [5.74, 6) is 0.270. The number of nitrogens with one attached hydrogen (secondary N) is 1. The molecule has 0 heterocycles. The predicted molar refractivity (Wildman–Crippen MR) is 64.9 cm³/mol. The van der Waals surface area contributed by atoms with Gasteiger partial charge in [-0.3, -0.25) is 0 Å². The molecule has 1 unspecified atom stereocenters. The molecular formula is C12H20N2O. The van der Waals surface area contributed by atoms with E-state index in [1.807, 2.05) is 39.0 Å². The quantitative estimate of drug-likeness (QED) is 0.663. The van der Waals surface area contributed by atoms with E-state index in [1.54, 1.807) is 0 Å². The van der Waals surface area contributed by atoms with Crippen LogP contribution >= 0.6 is 0 Å². The van der Waals surface area contributed by atoms with Crippen LogP contribution in [0.2, 0.25) is 0 Å². The molecule has 1 rings (SSSR count). The van der Waals surface area contributed by atoms with Gasteiger partial charge in [-0.15, -0.1) is 0 Å². The van der Waals surface area contributed by atoms with Crippen LogP contribution in [0.4, 0.5) is 11.4 Å². The van der Waals surface area contributed by atoms with Crippen molar-refractivity contribution in [2.75, 3.05) is 17.6 Å². The Labute approximate surface area is 91.3 Å². The van der Waals surface area contributed by atoms with Gasteiger partial charge in [-0.25, -0.2) is 0 Å². The van der Waals surface area contributed by atoms with Gasteiger partial charge in [0.2, 0.25) is 0 Å². The van der Waals surface area contributed by atoms with E-state index in [9.17, 15) is 5.11 Å². The Kier molecular flexibility index (Phi) is 3.97. The minimum Gasteiger partial charge on any atom is -0.399 e. The molecule has 1 atom stereocenters. The number of aliphatic hydroxyl groups excluding tert-OH is 1. The van der Waals surface area contributed by atoms with E-state index in [0.29, 0.717) is 6.54 Å². The van der Waals surface area contributed by atoms with Crippen molar-refractivity contribution >= 4 is 11.4 Å². The molecule has 0 saturated carbocycles. The SMILES string of the molecule is Cc1cc(N)ccc1NCC(O)C(C)C. The molecule has 0 spiro atoms. The van der Waals surface area contributed by atoms with E-state index in [0.717, 1.165) is 16.9 Å². The lowest BCUT2D eigenvalue weighted by molar-refractivity contribution is 0.138. The van der Waals surface area contributed by atoms with Gasteiger partial charge in [0.15, 0.2) is 0 Å². The van der Waals surface area contributed by atoms with Crippen molar-refractivity contribution in [3.63, 3.8) is 0 Å². The fourth-order valence-corrected chi connectivity index (χ4v) is 1.34. The first-order chi connectivity index (χ1) is 7.00. The van der Waals surface area contributed by atoms with Gasteiger partial charge in [-0.1, -0.05) is 13.8 Å². The molecule has 4 N–H and O–H groups in total. The third-order valence-corrected chi connectivity index (χ3v) is 2.52. The van der Waals surface area contributed by atoms with Crippen LogP contribution in [0.25, 0.3) is 0 Å². The summed E-state index contributed by atoms with van der Waals surface area (Å²) >= 11 is 0. The van der Waals surface area contributed by atoms with Gasteiger partial charge in [0.25, 0.3) is 0 Å². The molecule has 1 aromatic carbocycles. The molecule has 0 aromatic heterocycles. The molecule has 84 valence electrons. The zero-order valence-corrected chi connectivity index (χ0v) is 9.62. The van der Waals surface area contributed by atoms with Crippen LogP contribution in [0.5, 0.6) is 0 Å². The van der Waals surface area contributed by atoms with Crippen molar-refractivity contribution in [3.05, 3.63) is 23.8 Å². The topological polar surface area (TPSA) is 58.3 Å². The maximum Gasteiger partial charge on any atom is 0.0735 e. The lowest BCUT2D eigenvalue weighted by Gasteiger charge is -2.17. The van der Waals surface area contributed by atoms with Crippen molar-refractivity contribution in [1.29, 1.82) is 0 Å². The highest BCUT2D eigenvalue weighted by atomic mass is 16.3. The van der Waals surface area contributed by atoms with Gasteiger partial charge in [-0.2, -0.15) is 0 Å². The standard InChI is InChI=1S/C12H20N2O/c1-8(2)12(15)7-14-11-5-4-10(13)6-9(11)3/h4-6,8,12,14-15H,7,13H2,1-3H3. The molecule has 15 heavy (non-hydrogen) atoms. The first kappa shape index (κ1) is 11.9. The average Bonchev–Trinajstić information content (AvgIpc) is 2.15. The Morgan fingerprint density at radius 3 is 2.60 bits per heavy atom. The first-order valence-electron chi connectivity index (χ1n) is 5.28. The van der Waals surface area contributed by atoms with Crippen LogP contribution in [0.3, 0.4) is 0 Å². The lowest BCUT2D eigenvalue weighted by atomic mass is 10.1. The number of nitrogen functional groups attached to an aromatic ring is 1. The molecule has 0 aliphatic heterocycles. The second-order valence-electron chi connectivity index (χ2n) is 4.27. The molecule has 3 heteroatoms. The molecule has 0 amide bonds. The average molecular weight is 208 g/mol.